The molecule has 2 aromatic rings. The molecule has 2 aromatic carbocycles. The molecule has 0 aliphatic carbocycles. The molecule has 1 unspecified atom stereocenters. The van der Waals surface area contributed by atoms with E-state index in [2.05, 4.69) is 4.90 Å². The maximum absolute atomic E-state index is 11.3. The van der Waals surface area contributed by atoms with E-state index in [1.165, 1.54) is 0 Å². The number of halogens is 2. The highest BCUT2D eigenvalue weighted by molar-refractivity contribution is 6.42. The van der Waals surface area contributed by atoms with Gasteiger partial charge in [-0.05, 0) is 55.3 Å². The zero-order valence-corrected chi connectivity index (χ0v) is 16.0. The third-order valence-electron chi connectivity index (χ3n) is 4.93. The minimum absolute atomic E-state index is 0.106. The molecule has 0 aromatic heterocycles. The van der Waals surface area contributed by atoms with Gasteiger partial charge in [0.25, 0.3) is 0 Å². The SMILES string of the molecule is COc1cccc(C(c2cccc(Cl)c2Cl)N2CCC(C(=O)O)CC2)c1. The summed E-state index contributed by atoms with van der Waals surface area (Å²) in [4.78, 5) is 13.5. The highest BCUT2D eigenvalue weighted by Gasteiger charge is 2.31. The number of aliphatic carboxylic acids is 1. The Morgan fingerprint density at radius 3 is 2.54 bits per heavy atom. The van der Waals surface area contributed by atoms with E-state index in [9.17, 15) is 9.90 Å². The van der Waals surface area contributed by atoms with Crippen molar-refractivity contribution in [2.75, 3.05) is 20.2 Å². The zero-order valence-electron chi connectivity index (χ0n) is 14.5. The number of hydrogen-bond donors (Lipinski definition) is 1. The second-order valence-corrected chi connectivity index (χ2v) is 7.26. The van der Waals surface area contributed by atoms with Crippen molar-refractivity contribution >= 4 is 29.2 Å². The van der Waals surface area contributed by atoms with Gasteiger partial charge in [-0.3, -0.25) is 9.69 Å². The summed E-state index contributed by atoms with van der Waals surface area (Å²) < 4.78 is 5.38. The fourth-order valence-electron chi connectivity index (χ4n) is 3.53. The van der Waals surface area contributed by atoms with Crippen LogP contribution in [-0.2, 0) is 4.79 Å². The molecule has 4 nitrogen and oxygen atoms in total. The molecule has 1 atom stereocenters. The quantitative estimate of drug-likeness (QED) is 0.785. The van der Waals surface area contributed by atoms with Crippen molar-refractivity contribution in [3.05, 3.63) is 63.6 Å². The number of rotatable bonds is 5. The fraction of sp³-hybridized carbons (Fsp3) is 0.350. The van der Waals surface area contributed by atoms with E-state index >= 15 is 0 Å². The van der Waals surface area contributed by atoms with Gasteiger partial charge in [0, 0.05) is 0 Å². The molecule has 1 aliphatic rings. The van der Waals surface area contributed by atoms with Gasteiger partial charge in [-0.25, -0.2) is 0 Å². The number of nitrogens with zero attached hydrogens (tertiary/aromatic N) is 1. The van der Waals surface area contributed by atoms with Crippen molar-refractivity contribution in [2.45, 2.75) is 18.9 Å². The lowest BCUT2D eigenvalue weighted by Gasteiger charge is -2.37. The molecule has 0 radical (unpaired) electrons. The topological polar surface area (TPSA) is 49.8 Å². The van der Waals surface area contributed by atoms with Crippen molar-refractivity contribution in [1.29, 1.82) is 0 Å². The molecule has 26 heavy (non-hydrogen) atoms. The summed E-state index contributed by atoms with van der Waals surface area (Å²) in [5.41, 5.74) is 1.96. The summed E-state index contributed by atoms with van der Waals surface area (Å²) in [6.45, 7) is 1.36. The average Bonchev–Trinajstić information content (AvgIpc) is 2.66. The summed E-state index contributed by atoms with van der Waals surface area (Å²) in [6, 6.07) is 13.4. The Labute approximate surface area is 163 Å². The number of carbonyl (C=O) groups is 1. The van der Waals surface area contributed by atoms with Crippen LogP contribution >= 0.6 is 23.2 Å². The predicted octanol–water partition coefficient (Wildman–Crippen LogP) is 4.89. The fourth-order valence-corrected chi connectivity index (χ4v) is 3.95. The average molecular weight is 394 g/mol. The van der Waals surface area contributed by atoms with E-state index in [1.54, 1.807) is 13.2 Å². The highest BCUT2D eigenvalue weighted by Crippen LogP contribution is 2.39. The van der Waals surface area contributed by atoms with E-state index in [0.717, 1.165) is 16.9 Å². The van der Waals surface area contributed by atoms with Gasteiger partial charge in [0.05, 0.1) is 29.1 Å². The Morgan fingerprint density at radius 2 is 1.88 bits per heavy atom. The van der Waals surface area contributed by atoms with E-state index in [-0.39, 0.29) is 12.0 Å². The van der Waals surface area contributed by atoms with E-state index in [4.69, 9.17) is 27.9 Å². The normalized spacial score (nSPS) is 17.0. The van der Waals surface area contributed by atoms with Crippen molar-refractivity contribution in [3.8, 4) is 5.75 Å². The first-order chi connectivity index (χ1) is 12.5. The first-order valence-corrected chi connectivity index (χ1v) is 9.31. The van der Waals surface area contributed by atoms with Crippen LogP contribution in [0.5, 0.6) is 5.75 Å². The molecule has 3 rings (SSSR count). The second kappa shape index (κ2) is 8.30. The van der Waals surface area contributed by atoms with Gasteiger partial charge < -0.3 is 9.84 Å². The largest absolute Gasteiger partial charge is 0.497 e. The molecule has 1 saturated heterocycles. The van der Waals surface area contributed by atoms with Crippen molar-refractivity contribution in [3.63, 3.8) is 0 Å². The van der Waals surface area contributed by atoms with Crippen LogP contribution in [-0.4, -0.2) is 36.2 Å². The number of benzene rings is 2. The Bertz CT molecular complexity index is 788. The van der Waals surface area contributed by atoms with Crippen LogP contribution in [0.25, 0.3) is 0 Å². The molecule has 0 saturated carbocycles. The van der Waals surface area contributed by atoms with Crippen LogP contribution in [0.3, 0.4) is 0 Å². The molecule has 1 fully saturated rings. The van der Waals surface area contributed by atoms with Gasteiger partial charge in [0.1, 0.15) is 5.75 Å². The Hall–Kier alpha value is -1.75. The van der Waals surface area contributed by atoms with Crippen LogP contribution in [0, 0.1) is 5.92 Å². The molecule has 1 heterocycles. The molecule has 0 amide bonds. The van der Waals surface area contributed by atoms with Crippen molar-refractivity contribution in [1.82, 2.24) is 4.90 Å². The molecule has 1 N–H and O–H groups in total. The predicted molar refractivity (Wildman–Crippen MR) is 103 cm³/mol. The minimum atomic E-state index is -0.719. The molecule has 0 bridgehead atoms. The summed E-state index contributed by atoms with van der Waals surface area (Å²) in [6.07, 6.45) is 1.24. The highest BCUT2D eigenvalue weighted by atomic mass is 35.5. The third kappa shape index (κ3) is 3.98. The smallest absolute Gasteiger partial charge is 0.306 e. The van der Waals surface area contributed by atoms with Crippen molar-refractivity contribution in [2.24, 2.45) is 5.92 Å². The number of piperidine rings is 1. The first kappa shape index (κ1) is 19.0. The molecule has 1 aliphatic heterocycles. The Kier molecular flexibility index (Phi) is 6.07. The van der Waals surface area contributed by atoms with Gasteiger partial charge >= 0.3 is 5.97 Å². The maximum atomic E-state index is 11.3. The van der Waals surface area contributed by atoms with Crippen molar-refractivity contribution < 1.29 is 14.6 Å². The number of likely N-dealkylation sites (tertiary alicyclic amines) is 1. The van der Waals surface area contributed by atoms with Gasteiger partial charge in [0.2, 0.25) is 0 Å². The Morgan fingerprint density at radius 1 is 1.19 bits per heavy atom. The van der Waals surface area contributed by atoms with E-state index < -0.39 is 5.97 Å². The van der Waals surface area contributed by atoms with Crippen LogP contribution in [0.1, 0.15) is 30.0 Å². The van der Waals surface area contributed by atoms with Crippen LogP contribution in [0.15, 0.2) is 42.5 Å². The van der Waals surface area contributed by atoms with Gasteiger partial charge in [-0.15, -0.1) is 0 Å². The van der Waals surface area contributed by atoms with Gasteiger partial charge in [-0.1, -0.05) is 47.5 Å². The molecule has 138 valence electrons. The van der Waals surface area contributed by atoms with Crippen LogP contribution < -0.4 is 4.74 Å². The summed E-state index contributed by atoms with van der Waals surface area (Å²) in [5.74, 6) is -0.235. The zero-order chi connectivity index (χ0) is 18.7. The Balaban J connectivity index is 1.99. The maximum Gasteiger partial charge on any atom is 0.306 e. The number of methoxy groups -OCH3 is 1. The van der Waals surface area contributed by atoms with Gasteiger partial charge in [-0.2, -0.15) is 0 Å². The van der Waals surface area contributed by atoms with E-state index in [0.29, 0.717) is 36.0 Å². The van der Waals surface area contributed by atoms with Crippen LogP contribution in [0.2, 0.25) is 10.0 Å². The summed E-state index contributed by atoms with van der Waals surface area (Å²) >= 11 is 12.8. The summed E-state index contributed by atoms with van der Waals surface area (Å²) in [7, 11) is 1.64. The number of carboxylic acids is 1. The number of ether oxygens (including phenoxy) is 1. The molecular weight excluding hydrogens is 373 g/mol. The second-order valence-electron chi connectivity index (χ2n) is 6.47. The molecule has 6 heteroatoms. The summed E-state index contributed by atoms with van der Waals surface area (Å²) in [5, 5.41) is 10.3. The standard InChI is InChI=1S/C20H21Cl2NO3/c1-26-15-5-2-4-14(12-15)19(16-6-3-7-17(21)18(16)22)23-10-8-13(9-11-23)20(24)25/h2-7,12-13,19H,8-11H2,1H3,(H,24,25). The van der Waals surface area contributed by atoms with Crippen LogP contribution in [0.4, 0.5) is 0 Å². The lowest BCUT2D eigenvalue weighted by atomic mass is 9.91. The number of hydrogen-bond acceptors (Lipinski definition) is 3. The third-order valence-corrected chi connectivity index (χ3v) is 5.76. The van der Waals surface area contributed by atoms with Gasteiger partial charge in [0.15, 0.2) is 0 Å². The number of carboxylic acid groups (broad SMARTS) is 1. The first-order valence-electron chi connectivity index (χ1n) is 8.56. The molecule has 0 spiro atoms. The van der Waals surface area contributed by atoms with E-state index in [1.807, 2.05) is 36.4 Å². The lowest BCUT2D eigenvalue weighted by molar-refractivity contribution is -0.143. The lowest BCUT2D eigenvalue weighted by Crippen LogP contribution is -2.39. The minimum Gasteiger partial charge on any atom is -0.497 e. The monoisotopic (exact) mass is 393 g/mol. The molecular formula is C20H21Cl2NO3.